The van der Waals surface area contributed by atoms with Gasteiger partial charge in [-0.1, -0.05) is 12.1 Å². The van der Waals surface area contributed by atoms with E-state index >= 15 is 0 Å². The van der Waals surface area contributed by atoms with Crippen LogP contribution in [0.25, 0.3) is 0 Å². The second kappa shape index (κ2) is 22.0. The summed E-state index contributed by atoms with van der Waals surface area (Å²) in [5, 5.41) is 25.9. The predicted molar refractivity (Wildman–Crippen MR) is 274 cm³/mol. The van der Waals surface area contributed by atoms with Crippen LogP contribution in [-0.2, 0) is 48.6 Å². The molecule has 2 N–H and O–H groups in total. The van der Waals surface area contributed by atoms with Gasteiger partial charge in [0.05, 0.1) is 0 Å². The molecular weight excluding hydrogens is 841 g/mol. The Morgan fingerprint density at radius 1 is 0.524 bits per heavy atom. The minimum atomic E-state index is -0.247. The largest absolute Gasteiger partial charge is 0.199 e. The van der Waals surface area contributed by atoms with Gasteiger partial charge in [0.15, 0.2) is 0 Å². The first kappa shape index (κ1) is 50.1. The second-order valence-corrected chi connectivity index (χ2v) is 33.5. The molecule has 3 fully saturated rings. The molecule has 0 amide bonds. The Labute approximate surface area is 395 Å². The van der Waals surface area contributed by atoms with Crippen molar-refractivity contribution in [2.24, 2.45) is 0 Å². The van der Waals surface area contributed by atoms with Gasteiger partial charge in [-0.2, -0.15) is 49.2 Å². The van der Waals surface area contributed by atoms with Crippen LogP contribution in [0.4, 0.5) is 0 Å². The van der Waals surface area contributed by atoms with Crippen molar-refractivity contribution in [1.82, 2.24) is 0 Å². The molecule has 0 saturated heterocycles. The summed E-state index contributed by atoms with van der Waals surface area (Å²) in [6.45, 7) is 26.4. The fourth-order valence-corrected chi connectivity index (χ4v) is 31.3. The van der Waals surface area contributed by atoms with Crippen molar-refractivity contribution in [3.05, 3.63) is 143 Å². The van der Waals surface area contributed by atoms with Crippen LogP contribution in [-0.4, -0.2) is 20.7 Å². The summed E-state index contributed by atoms with van der Waals surface area (Å²) in [5.41, 5.74) is 10.3. The molecule has 5 heteroatoms. The normalized spacial score (nSPS) is 23.2. The van der Waals surface area contributed by atoms with Crippen molar-refractivity contribution in [2.75, 3.05) is 0 Å². The Morgan fingerprint density at radius 3 is 1.16 bits per heavy atom. The van der Waals surface area contributed by atoms with Crippen LogP contribution in [0.1, 0.15) is 203 Å². The first-order valence-electron chi connectivity index (χ1n) is 24.5. The van der Waals surface area contributed by atoms with Gasteiger partial charge in [-0.3, -0.25) is 0 Å². The van der Waals surface area contributed by atoms with Crippen molar-refractivity contribution in [2.45, 2.75) is 202 Å². The van der Waals surface area contributed by atoms with Crippen LogP contribution in [0.15, 0.2) is 84.9 Å². The number of benzene rings is 4. The van der Waals surface area contributed by atoms with Crippen molar-refractivity contribution >= 4 is 15.9 Å². The van der Waals surface area contributed by atoms with Crippen molar-refractivity contribution < 1.29 is 25.7 Å². The average Bonchev–Trinajstić information content (AvgIpc) is 3.53. The zero-order valence-corrected chi connectivity index (χ0v) is 43.8. The van der Waals surface area contributed by atoms with Crippen molar-refractivity contribution in [3.8, 4) is 11.5 Å². The smallest absolute Gasteiger partial charge is 0.0866 e. The number of fused-ring (bicyclic) bond motifs is 1. The van der Waals surface area contributed by atoms with E-state index in [2.05, 4.69) is 93.5 Å². The zero-order chi connectivity index (χ0) is 45.4. The fraction of sp³-hybridized carbons (Fsp3) is 0.552. The number of phenolic OH excluding ortho intramolecular Hbond substituents is 2. The molecule has 0 aromatic heterocycles. The summed E-state index contributed by atoms with van der Waals surface area (Å²) in [5.74, 6) is 3.46. The molecule has 1 aliphatic heterocycles. The van der Waals surface area contributed by atoms with Gasteiger partial charge in [-0.25, -0.2) is 0 Å². The molecule has 0 radical (unpaired) electrons. The van der Waals surface area contributed by atoms with Crippen LogP contribution < -0.4 is 0 Å². The third-order valence-corrected chi connectivity index (χ3v) is 30.6. The van der Waals surface area contributed by atoms with Crippen LogP contribution in [0, 0.1) is 13.8 Å². The Morgan fingerprint density at radius 2 is 0.857 bits per heavy atom. The van der Waals surface area contributed by atoms with E-state index < -0.39 is 0 Å². The van der Waals surface area contributed by atoms with Crippen molar-refractivity contribution in [1.29, 1.82) is 0 Å². The SMILES string of the molecule is CC(C)(C)c1cc(C[S]2=[Ti]=[S@@](Cc3cc(C(C)(C)C)cc(C4(C)CCCCC4)c3O)C3CCCCCC[C@@H]32)c(O)c(C2(C)CCCCC2)c1.[CH2-]c1ccccc1.[CH2-]c1ccccc1. The van der Waals surface area contributed by atoms with E-state index in [9.17, 15) is 10.2 Å². The second-order valence-electron chi connectivity index (χ2n) is 22.1. The summed E-state index contributed by atoms with van der Waals surface area (Å²) in [4.78, 5) is 0. The monoisotopic (exact) mass is 923 g/mol. The molecule has 2 nitrogen and oxygen atoms in total. The van der Waals surface area contributed by atoms with E-state index in [1.807, 2.05) is 60.7 Å². The van der Waals surface area contributed by atoms with Gasteiger partial charge in [0.1, 0.15) is 0 Å². The Hall–Kier alpha value is -2.37. The van der Waals surface area contributed by atoms with E-state index in [-0.39, 0.29) is 37.1 Å². The minimum Gasteiger partial charge on any atom is -0.199 e. The van der Waals surface area contributed by atoms with Gasteiger partial charge in [-0.15, -0.1) is 24.3 Å². The molecule has 4 aromatic rings. The molecule has 2 unspecified atom stereocenters. The van der Waals surface area contributed by atoms with Crippen LogP contribution >= 0.6 is 15.9 Å². The van der Waals surface area contributed by atoms with Crippen LogP contribution in [0.2, 0.25) is 0 Å². The quantitative estimate of drug-likeness (QED) is 0.149. The van der Waals surface area contributed by atoms with Crippen molar-refractivity contribution in [3.63, 3.8) is 0 Å². The zero-order valence-electron chi connectivity index (χ0n) is 40.6. The summed E-state index contributed by atoms with van der Waals surface area (Å²) < 4.78 is 0. The Kier molecular flexibility index (Phi) is 17.4. The van der Waals surface area contributed by atoms with E-state index in [0.717, 1.165) is 33.1 Å². The van der Waals surface area contributed by atoms with Gasteiger partial charge in [-0.05, 0) is 0 Å². The molecule has 4 atom stereocenters. The fourth-order valence-electron chi connectivity index (χ4n) is 10.5. The maximum Gasteiger partial charge on any atom is -0.0866 e. The van der Waals surface area contributed by atoms with Gasteiger partial charge in [0.25, 0.3) is 0 Å². The third kappa shape index (κ3) is 13.2. The van der Waals surface area contributed by atoms with Crippen LogP contribution in [0.3, 0.4) is 0 Å². The first-order valence-corrected chi connectivity index (χ1v) is 31.3. The van der Waals surface area contributed by atoms with Gasteiger partial charge < -0.3 is 0 Å². The molecule has 0 spiro atoms. The average molecular weight is 923 g/mol. The maximum absolute atomic E-state index is 12.2. The van der Waals surface area contributed by atoms with E-state index in [1.165, 1.54) is 136 Å². The van der Waals surface area contributed by atoms with Gasteiger partial charge in [0, 0.05) is 0 Å². The molecule has 0 bridgehead atoms. The summed E-state index contributed by atoms with van der Waals surface area (Å²) in [7, 11) is 0.719. The number of aromatic hydroxyl groups is 2. The molecular formula is C58H82O2S2Ti-2. The Bertz CT molecular complexity index is 2020. The van der Waals surface area contributed by atoms with Gasteiger partial charge >= 0.3 is 313 Å². The molecule has 3 saturated carbocycles. The number of hydrogen-bond donors (Lipinski definition) is 2. The molecule has 344 valence electrons. The maximum atomic E-state index is 12.2. The number of rotatable bonds is 6. The topological polar surface area (TPSA) is 40.5 Å². The summed E-state index contributed by atoms with van der Waals surface area (Å²) in [6.07, 6.45) is 20.8. The van der Waals surface area contributed by atoms with Crippen LogP contribution in [0.5, 0.6) is 11.5 Å². The number of hydrogen-bond acceptors (Lipinski definition) is 2. The summed E-state index contributed by atoms with van der Waals surface area (Å²) >= 11 is -0.247. The third-order valence-electron chi connectivity index (χ3n) is 14.7. The van der Waals surface area contributed by atoms with E-state index in [4.69, 9.17) is 0 Å². The molecule has 4 aliphatic rings. The molecule has 8 rings (SSSR count). The molecule has 1 heterocycles. The summed E-state index contributed by atoms with van der Waals surface area (Å²) in [6, 6.07) is 29.4. The first-order chi connectivity index (χ1) is 29.9. The molecule has 4 aromatic carbocycles. The Balaban J connectivity index is 0.000000399. The number of phenols is 2. The van der Waals surface area contributed by atoms with E-state index in [0.29, 0.717) is 27.4 Å². The predicted octanol–water partition coefficient (Wildman–Crippen LogP) is 17.1. The molecule has 3 aliphatic carbocycles. The molecule has 63 heavy (non-hydrogen) atoms. The standard InChI is InChI=1S/C44H68O2S2.2C7H7.Ti/c1-41(2,3)33-25-31(39(45)35(27-33)43(7)21-15-11-16-22-43)29-47-37-19-13-9-10-14-20-38(37)48-30-32-26-34(42(4,5)6)28-36(40(32)46)44(8)23-17-12-18-24-44;2*1-7-5-3-2-4-6-7;/h25-28,37-38,45-46H,9-24,29-30H2,1-8H3;2*2-6H,1H2;/q;2*-1;/t37-,38?;;;/m0.../s1. The van der Waals surface area contributed by atoms with Gasteiger partial charge in [0.2, 0.25) is 0 Å². The van der Waals surface area contributed by atoms with E-state index in [1.54, 1.807) is 0 Å². The minimum absolute atomic E-state index is 0.0621.